The second-order valence-corrected chi connectivity index (χ2v) is 10.3. The predicted octanol–water partition coefficient (Wildman–Crippen LogP) is 5.68. The molecule has 178 valence electrons. The van der Waals surface area contributed by atoms with E-state index < -0.39 is 0 Å². The van der Waals surface area contributed by atoms with E-state index in [2.05, 4.69) is 11.4 Å². The molecule has 1 aliphatic heterocycles. The zero-order valence-electron chi connectivity index (χ0n) is 19.7. The standard InChI is InChI=1S/C27H29ClN2O3S/c1-18(2)16-29(27(32)20-5-4-6-21(28)15-20)17-25(31)30-13-11-24-23(12-14-34-24)26(30)19-7-9-22(33-3)10-8-19/h4-10,12,14-15,18,26H,11,13,16-17H2,1-3H3. The minimum Gasteiger partial charge on any atom is -0.497 e. The van der Waals surface area contributed by atoms with E-state index in [0.29, 0.717) is 23.7 Å². The Labute approximate surface area is 209 Å². The van der Waals surface area contributed by atoms with Crippen molar-refractivity contribution in [3.63, 3.8) is 0 Å². The van der Waals surface area contributed by atoms with E-state index in [9.17, 15) is 9.59 Å². The molecule has 0 bridgehead atoms. The Morgan fingerprint density at radius 3 is 2.62 bits per heavy atom. The van der Waals surface area contributed by atoms with Crippen LogP contribution in [0.4, 0.5) is 0 Å². The molecule has 1 aliphatic rings. The van der Waals surface area contributed by atoms with Gasteiger partial charge in [0.1, 0.15) is 12.3 Å². The number of methoxy groups -OCH3 is 1. The van der Waals surface area contributed by atoms with Crippen molar-refractivity contribution in [1.82, 2.24) is 9.80 Å². The van der Waals surface area contributed by atoms with Crippen molar-refractivity contribution in [2.45, 2.75) is 26.3 Å². The average molecular weight is 497 g/mol. The van der Waals surface area contributed by atoms with Crippen LogP contribution in [0.2, 0.25) is 5.02 Å². The molecule has 0 radical (unpaired) electrons. The molecule has 2 amide bonds. The summed E-state index contributed by atoms with van der Waals surface area (Å²) in [6.45, 7) is 5.21. The van der Waals surface area contributed by atoms with Crippen molar-refractivity contribution >= 4 is 34.8 Å². The van der Waals surface area contributed by atoms with Gasteiger partial charge < -0.3 is 14.5 Å². The lowest BCUT2D eigenvalue weighted by atomic mass is 9.93. The summed E-state index contributed by atoms with van der Waals surface area (Å²) in [5.41, 5.74) is 2.68. The van der Waals surface area contributed by atoms with Crippen LogP contribution in [0.25, 0.3) is 0 Å². The molecule has 4 rings (SSSR count). The van der Waals surface area contributed by atoms with Crippen molar-refractivity contribution in [2.75, 3.05) is 26.7 Å². The van der Waals surface area contributed by atoms with Gasteiger partial charge in [-0.3, -0.25) is 9.59 Å². The highest BCUT2D eigenvalue weighted by molar-refractivity contribution is 7.10. The number of fused-ring (bicyclic) bond motifs is 1. The van der Waals surface area contributed by atoms with E-state index in [4.69, 9.17) is 16.3 Å². The molecule has 0 fully saturated rings. The predicted molar refractivity (Wildman–Crippen MR) is 137 cm³/mol. The van der Waals surface area contributed by atoms with Gasteiger partial charge in [-0.05, 0) is 65.2 Å². The third-order valence-corrected chi connectivity index (χ3v) is 7.22. The third kappa shape index (κ3) is 5.29. The first kappa shape index (κ1) is 24.3. The van der Waals surface area contributed by atoms with E-state index in [1.54, 1.807) is 47.6 Å². The first-order chi connectivity index (χ1) is 16.4. The van der Waals surface area contributed by atoms with Gasteiger partial charge in [-0.1, -0.05) is 43.6 Å². The van der Waals surface area contributed by atoms with Crippen molar-refractivity contribution < 1.29 is 14.3 Å². The van der Waals surface area contributed by atoms with E-state index in [1.807, 2.05) is 43.0 Å². The molecule has 1 atom stereocenters. The van der Waals surface area contributed by atoms with E-state index in [1.165, 1.54) is 4.88 Å². The minimum absolute atomic E-state index is 0.0235. The number of thiophene rings is 1. The number of carbonyl (C=O) groups is 2. The molecule has 0 saturated carbocycles. The molecule has 1 unspecified atom stereocenters. The quantitative estimate of drug-likeness (QED) is 0.422. The summed E-state index contributed by atoms with van der Waals surface area (Å²) in [4.78, 5) is 31.9. The fourth-order valence-electron chi connectivity index (χ4n) is 4.45. The Kier molecular flexibility index (Phi) is 7.59. The SMILES string of the molecule is COc1ccc(C2c3ccsc3CCN2C(=O)CN(CC(C)C)C(=O)c2cccc(Cl)c2)cc1. The summed E-state index contributed by atoms with van der Waals surface area (Å²) >= 11 is 7.85. The molecule has 0 aliphatic carbocycles. The van der Waals surface area contributed by atoms with E-state index in [0.717, 1.165) is 23.3 Å². The summed E-state index contributed by atoms with van der Waals surface area (Å²) in [6, 6.07) is 16.7. The molecule has 2 heterocycles. The molecule has 0 N–H and O–H groups in total. The second kappa shape index (κ2) is 10.6. The third-order valence-electron chi connectivity index (χ3n) is 5.99. The molecule has 7 heteroatoms. The van der Waals surface area contributed by atoms with Crippen LogP contribution < -0.4 is 4.74 Å². The molecular weight excluding hydrogens is 468 g/mol. The number of halogens is 1. The van der Waals surface area contributed by atoms with Crippen LogP contribution in [-0.2, 0) is 11.2 Å². The summed E-state index contributed by atoms with van der Waals surface area (Å²) in [7, 11) is 1.64. The maximum absolute atomic E-state index is 13.7. The minimum atomic E-state index is -0.185. The Hall–Kier alpha value is -2.83. The fourth-order valence-corrected chi connectivity index (χ4v) is 5.54. The molecule has 3 aromatic rings. The normalized spacial score (nSPS) is 15.2. The molecular formula is C27H29ClN2O3S. The molecule has 1 aromatic heterocycles. The Bertz CT molecular complexity index is 1160. The van der Waals surface area contributed by atoms with Crippen LogP contribution in [0.1, 0.15) is 46.3 Å². The van der Waals surface area contributed by atoms with E-state index in [-0.39, 0.29) is 30.3 Å². The van der Waals surface area contributed by atoms with Gasteiger partial charge in [-0.2, -0.15) is 0 Å². The van der Waals surface area contributed by atoms with Gasteiger partial charge in [0.15, 0.2) is 0 Å². The number of hydrogen-bond acceptors (Lipinski definition) is 4. The fraction of sp³-hybridized carbons (Fsp3) is 0.333. The van der Waals surface area contributed by atoms with Crippen LogP contribution in [0, 0.1) is 5.92 Å². The first-order valence-corrected chi connectivity index (χ1v) is 12.7. The summed E-state index contributed by atoms with van der Waals surface area (Å²) in [5, 5.41) is 2.59. The molecule has 34 heavy (non-hydrogen) atoms. The van der Waals surface area contributed by atoms with Crippen molar-refractivity contribution in [1.29, 1.82) is 0 Å². The highest BCUT2D eigenvalue weighted by Crippen LogP contribution is 2.38. The van der Waals surface area contributed by atoms with Crippen molar-refractivity contribution in [3.8, 4) is 5.75 Å². The van der Waals surface area contributed by atoms with Gasteiger partial charge in [-0.15, -0.1) is 11.3 Å². The average Bonchev–Trinajstić information content (AvgIpc) is 3.31. The number of nitrogens with zero attached hydrogens (tertiary/aromatic N) is 2. The van der Waals surface area contributed by atoms with Gasteiger partial charge in [0.2, 0.25) is 5.91 Å². The van der Waals surface area contributed by atoms with Crippen molar-refractivity contribution in [2.24, 2.45) is 5.92 Å². The molecule has 2 aromatic carbocycles. The monoisotopic (exact) mass is 496 g/mol. The number of carbonyl (C=O) groups excluding carboxylic acids is 2. The summed E-state index contributed by atoms with van der Waals surface area (Å²) < 4.78 is 5.32. The lowest BCUT2D eigenvalue weighted by molar-refractivity contribution is -0.134. The maximum atomic E-state index is 13.7. The first-order valence-electron chi connectivity index (χ1n) is 11.4. The lowest BCUT2D eigenvalue weighted by Gasteiger charge is -2.38. The highest BCUT2D eigenvalue weighted by atomic mass is 35.5. The lowest BCUT2D eigenvalue weighted by Crippen LogP contribution is -2.47. The van der Waals surface area contributed by atoms with Crippen LogP contribution >= 0.6 is 22.9 Å². The number of ether oxygens (including phenoxy) is 1. The zero-order chi connectivity index (χ0) is 24.2. The molecule has 5 nitrogen and oxygen atoms in total. The molecule has 0 saturated heterocycles. The van der Waals surface area contributed by atoms with E-state index >= 15 is 0 Å². The van der Waals surface area contributed by atoms with Gasteiger partial charge in [-0.25, -0.2) is 0 Å². The Morgan fingerprint density at radius 1 is 1.18 bits per heavy atom. The molecule has 0 spiro atoms. The number of rotatable bonds is 7. The smallest absolute Gasteiger partial charge is 0.254 e. The van der Waals surface area contributed by atoms with Crippen LogP contribution in [0.3, 0.4) is 0 Å². The zero-order valence-corrected chi connectivity index (χ0v) is 21.2. The van der Waals surface area contributed by atoms with Gasteiger partial charge in [0.05, 0.1) is 13.2 Å². The second-order valence-electron chi connectivity index (χ2n) is 8.90. The number of benzene rings is 2. The largest absolute Gasteiger partial charge is 0.497 e. The Morgan fingerprint density at radius 2 is 1.94 bits per heavy atom. The maximum Gasteiger partial charge on any atom is 0.254 e. The number of amides is 2. The van der Waals surface area contributed by atoms with Crippen molar-refractivity contribution in [3.05, 3.63) is 86.6 Å². The summed E-state index contributed by atoms with van der Waals surface area (Å²) in [6.07, 6.45) is 0.817. The highest BCUT2D eigenvalue weighted by Gasteiger charge is 2.34. The van der Waals surface area contributed by atoms with Crippen LogP contribution in [0.15, 0.2) is 60.0 Å². The van der Waals surface area contributed by atoms with Gasteiger partial charge in [0, 0.05) is 28.6 Å². The topological polar surface area (TPSA) is 49.9 Å². The van der Waals surface area contributed by atoms with Crippen LogP contribution in [0.5, 0.6) is 5.75 Å². The number of hydrogen-bond donors (Lipinski definition) is 0. The van der Waals surface area contributed by atoms with Gasteiger partial charge in [0.25, 0.3) is 5.91 Å². The van der Waals surface area contributed by atoms with Gasteiger partial charge >= 0.3 is 0 Å². The Balaban J connectivity index is 1.62. The summed E-state index contributed by atoms with van der Waals surface area (Å²) in [5.74, 6) is 0.754. The van der Waals surface area contributed by atoms with Crippen LogP contribution in [-0.4, -0.2) is 48.4 Å².